The van der Waals surface area contributed by atoms with Gasteiger partial charge in [0.05, 0.1) is 6.54 Å². The quantitative estimate of drug-likeness (QED) is 0.872. The maximum absolute atomic E-state index is 8.93. The molecule has 0 saturated heterocycles. The van der Waals surface area contributed by atoms with Gasteiger partial charge >= 0.3 is 0 Å². The van der Waals surface area contributed by atoms with Crippen LogP contribution in [-0.2, 0) is 13.2 Å². The molecule has 3 nitrogen and oxygen atoms in total. The number of aliphatic hydroxyl groups excluding tert-OH is 1. The van der Waals surface area contributed by atoms with E-state index in [4.69, 9.17) is 9.52 Å². The van der Waals surface area contributed by atoms with Crippen molar-refractivity contribution in [2.24, 2.45) is 0 Å². The Balaban J connectivity index is 1.95. The molecule has 98 valence electrons. The van der Waals surface area contributed by atoms with Gasteiger partial charge in [0.15, 0.2) is 0 Å². The SMILES string of the molecule is Cc1cc(C(C)NCc2ccc(CO)o2)c(C)s1. The molecule has 1 unspecified atom stereocenters. The van der Waals surface area contributed by atoms with Crippen LogP contribution in [0.25, 0.3) is 0 Å². The summed E-state index contributed by atoms with van der Waals surface area (Å²) in [5, 5.41) is 12.4. The average molecular weight is 265 g/mol. The standard InChI is InChI=1S/C14H19NO2S/c1-9-6-14(11(3)18-9)10(2)15-7-12-4-5-13(8-16)17-12/h4-6,10,15-16H,7-8H2,1-3H3. The lowest BCUT2D eigenvalue weighted by molar-refractivity contribution is 0.242. The highest BCUT2D eigenvalue weighted by Crippen LogP contribution is 2.26. The van der Waals surface area contributed by atoms with Gasteiger partial charge < -0.3 is 14.8 Å². The lowest BCUT2D eigenvalue weighted by atomic mass is 10.1. The van der Waals surface area contributed by atoms with Crippen molar-refractivity contribution in [3.8, 4) is 0 Å². The van der Waals surface area contributed by atoms with Crippen molar-refractivity contribution in [1.29, 1.82) is 0 Å². The molecule has 0 radical (unpaired) electrons. The van der Waals surface area contributed by atoms with Crippen LogP contribution in [0.3, 0.4) is 0 Å². The Kier molecular flexibility index (Phi) is 4.22. The van der Waals surface area contributed by atoms with Gasteiger partial charge in [-0.2, -0.15) is 0 Å². The summed E-state index contributed by atoms with van der Waals surface area (Å²) in [6.45, 7) is 7.08. The first-order chi connectivity index (χ1) is 8.60. The predicted molar refractivity (Wildman–Crippen MR) is 73.7 cm³/mol. The number of thiophene rings is 1. The Labute approximate surface area is 111 Å². The van der Waals surface area contributed by atoms with E-state index >= 15 is 0 Å². The minimum atomic E-state index is -0.0433. The summed E-state index contributed by atoms with van der Waals surface area (Å²) in [6.07, 6.45) is 0. The van der Waals surface area contributed by atoms with E-state index in [1.807, 2.05) is 23.5 Å². The molecule has 0 aromatic carbocycles. The number of aryl methyl sites for hydroxylation is 2. The maximum Gasteiger partial charge on any atom is 0.129 e. The molecule has 2 aromatic heterocycles. The first kappa shape index (κ1) is 13.3. The van der Waals surface area contributed by atoms with Crippen LogP contribution in [0.4, 0.5) is 0 Å². The van der Waals surface area contributed by atoms with Gasteiger partial charge in [-0.3, -0.25) is 0 Å². The Morgan fingerprint density at radius 3 is 2.61 bits per heavy atom. The fourth-order valence-corrected chi connectivity index (χ4v) is 3.07. The van der Waals surface area contributed by atoms with E-state index in [2.05, 4.69) is 32.2 Å². The van der Waals surface area contributed by atoms with E-state index in [1.165, 1.54) is 15.3 Å². The highest BCUT2D eigenvalue weighted by Gasteiger charge is 2.11. The third kappa shape index (κ3) is 3.02. The Morgan fingerprint density at radius 2 is 2.06 bits per heavy atom. The van der Waals surface area contributed by atoms with Crippen LogP contribution in [0.5, 0.6) is 0 Å². The lowest BCUT2D eigenvalue weighted by Crippen LogP contribution is -2.17. The molecule has 0 aliphatic heterocycles. The number of rotatable bonds is 5. The molecule has 2 N–H and O–H groups in total. The molecule has 1 atom stereocenters. The van der Waals surface area contributed by atoms with Gasteiger partial charge in [0.1, 0.15) is 18.1 Å². The fourth-order valence-electron chi connectivity index (χ4n) is 2.05. The Morgan fingerprint density at radius 1 is 1.33 bits per heavy atom. The number of nitrogens with one attached hydrogen (secondary N) is 1. The van der Waals surface area contributed by atoms with Crippen molar-refractivity contribution in [1.82, 2.24) is 5.32 Å². The van der Waals surface area contributed by atoms with Crippen molar-refractivity contribution in [3.05, 3.63) is 45.0 Å². The van der Waals surface area contributed by atoms with Crippen LogP contribution in [0.1, 0.15) is 39.8 Å². The normalized spacial score (nSPS) is 12.9. The largest absolute Gasteiger partial charge is 0.462 e. The minimum Gasteiger partial charge on any atom is -0.462 e. The van der Waals surface area contributed by atoms with E-state index in [1.54, 1.807) is 0 Å². The fraction of sp³-hybridized carbons (Fsp3) is 0.429. The molecule has 2 aromatic rings. The topological polar surface area (TPSA) is 45.4 Å². The molecule has 0 bridgehead atoms. The summed E-state index contributed by atoms with van der Waals surface area (Å²) in [7, 11) is 0. The van der Waals surface area contributed by atoms with Gasteiger partial charge in [0.25, 0.3) is 0 Å². The highest BCUT2D eigenvalue weighted by atomic mass is 32.1. The third-order valence-corrected chi connectivity index (χ3v) is 3.98. The molecule has 0 aliphatic rings. The monoisotopic (exact) mass is 265 g/mol. The summed E-state index contributed by atoms with van der Waals surface area (Å²) >= 11 is 1.83. The van der Waals surface area contributed by atoms with Gasteiger partial charge in [-0.05, 0) is 44.5 Å². The molecular weight excluding hydrogens is 246 g/mol. The van der Waals surface area contributed by atoms with Crippen LogP contribution in [0.2, 0.25) is 0 Å². The number of hydrogen-bond donors (Lipinski definition) is 2. The molecule has 2 heterocycles. The third-order valence-electron chi connectivity index (χ3n) is 3.00. The van der Waals surface area contributed by atoms with Crippen molar-refractivity contribution < 1.29 is 9.52 Å². The summed E-state index contributed by atoms with van der Waals surface area (Å²) < 4.78 is 5.44. The van der Waals surface area contributed by atoms with E-state index in [0.29, 0.717) is 18.3 Å². The van der Waals surface area contributed by atoms with Crippen molar-refractivity contribution >= 4 is 11.3 Å². The van der Waals surface area contributed by atoms with Crippen LogP contribution < -0.4 is 5.32 Å². The molecule has 4 heteroatoms. The average Bonchev–Trinajstić information content (AvgIpc) is 2.92. The molecule has 0 aliphatic carbocycles. The van der Waals surface area contributed by atoms with Gasteiger partial charge in [-0.1, -0.05) is 0 Å². The second kappa shape index (κ2) is 5.69. The summed E-state index contributed by atoms with van der Waals surface area (Å²) in [6, 6.07) is 6.25. The molecule has 2 rings (SSSR count). The number of aliphatic hydroxyl groups is 1. The number of hydrogen-bond acceptors (Lipinski definition) is 4. The van der Waals surface area contributed by atoms with E-state index < -0.39 is 0 Å². The molecule has 0 amide bonds. The molecule has 18 heavy (non-hydrogen) atoms. The minimum absolute atomic E-state index is 0.0433. The zero-order valence-corrected chi connectivity index (χ0v) is 11.8. The predicted octanol–water partition coefficient (Wildman–Crippen LogP) is 3.30. The molecule has 0 fully saturated rings. The Bertz CT molecular complexity index is 516. The van der Waals surface area contributed by atoms with Gasteiger partial charge in [0, 0.05) is 15.8 Å². The van der Waals surface area contributed by atoms with Crippen LogP contribution >= 0.6 is 11.3 Å². The van der Waals surface area contributed by atoms with Crippen LogP contribution in [0, 0.1) is 13.8 Å². The summed E-state index contributed by atoms with van der Waals surface area (Å²) in [4.78, 5) is 2.71. The van der Waals surface area contributed by atoms with Crippen LogP contribution in [0.15, 0.2) is 22.6 Å². The molecular formula is C14H19NO2S. The smallest absolute Gasteiger partial charge is 0.129 e. The number of furan rings is 1. The van der Waals surface area contributed by atoms with Crippen LogP contribution in [-0.4, -0.2) is 5.11 Å². The van der Waals surface area contributed by atoms with Crippen molar-refractivity contribution in [2.75, 3.05) is 0 Å². The van der Waals surface area contributed by atoms with E-state index in [-0.39, 0.29) is 6.61 Å². The van der Waals surface area contributed by atoms with Gasteiger partial charge in [-0.15, -0.1) is 11.3 Å². The zero-order chi connectivity index (χ0) is 13.1. The lowest BCUT2D eigenvalue weighted by Gasteiger charge is -2.12. The summed E-state index contributed by atoms with van der Waals surface area (Å²) in [5.41, 5.74) is 1.35. The summed E-state index contributed by atoms with van der Waals surface area (Å²) in [5.74, 6) is 1.47. The van der Waals surface area contributed by atoms with Crippen molar-refractivity contribution in [3.63, 3.8) is 0 Å². The first-order valence-corrected chi connectivity index (χ1v) is 6.90. The Hall–Kier alpha value is -1.10. The molecule has 0 spiro atoms. The van der Waals surface area contributed by atoms with E-state index in [9.17, 15) is 0 Å². The maximum atomic E-state index is 8.93. The van der Waals surface area contributed by atoms with E-state index in [0.717, 1.165) is 5.76 Å². The molecule has 0 saturated carbocycles. The zero-order valence-electron chi connectivity index (χ0n) is 11.0. The first-order valence-electron chi connectivity index (χ1n) is 6.09. The highest BCUT2D eigenvalue weighted by molar-refractivity contribution is 7.12. The second-order valence-corrected chi connectivity index (χ2v) is 5.96. The van der Waals surface area contributed by atoms with Gasteiger partial charge in [-0.25, -0.2) is 0 Å². The van der Waals surface area contributed by atoms with Gasteiger partial charge in [0.2, 0.25) is 0 Å². The van der Waals surface area contributed by atoms with Crippen molar-refractivity contribution in [2.45, 2.75) is 40.0 Å². The second-order valence-electron chi connectivity index (χ2n) is 4.50.